The fourth-order valence-electron chi connectivity index (χ4n) is 3.22. The van der Waals surface area contributed by atoms with Gasteiger partial charge in [0.2, 0.25) is 11.6 Å². The molecule has 14 heteroatoms. The van der Waals surface area contributed by atoms with Crippen molar-refractivity contribution in [2.24, 2.45) is 0 Å². The van der Waals surface area contributed by atoms with E-state index in [1.165, 1.54) is 19.1 Å². The van der Waals surface area contributed by atoms with Gasteiger partial charge in [0.15, 0.2) is 6.23 Å². The van der Waals surface area contributed by atoms with Crippen LogP contribution in [-0.4, -0.2) is 67.9 Å². The molecule has 35 heavy (non-hydrogen) atoms. The molecule has 1 aliphatic heterocycles. The molecule has 1 aromatic carbocycles. The highest BCUT2D eigenvalue weighted by Crippen LogP contribution is 2.46. The molecule has 1 aromatic heterocycles. The number of imidazole rings is 1. The molecule has 0 bridgehead atoms. The van der Waals surface area contributed by atoms with E-state index >= 15 is 0 Å². The largest absolute Gasteiger partial charge is 0.492 e. The molecule has 1 fully saturated rings. The maximum Gasteiger partial charge on any atom is 0.459 e. The fourth-order valence-corrected chi connectivity index (χ4v) is 4.72. The average molecular weight is 510 g/mol. The number of aliphatic hydroxyl groups is 2. The van der Waals surface area contributed by atoms with E-state index in [1.807, 2.05) is 0 Å². The Kier molecular flexibility index (Phi) is 8.50. The minimum atomic E-state index is -4.23. The summed E-state index contributed by atoms with van der Waals surface area (Å²) in [7, 11) is -4.23. The molecule has 2 aromatic rings. The summed E-state index contributed by atoms with van der Waals surface area (Å²) in [6, 6.07) is 8.68. The predicted molar refractivity (Wildman–Crippen MR) is 119 cm³/mol. The topological polar surface area (TPSA) is 185 Å². The van der Waals surface area contributed by atoms with Crippen LogP contribution in [0.5, 0.6) is 11.6 Å². The lowest BCUT2D eigenvalue weighted by atomic mass is 10.1. The molecule has 0 saturated carbocycles. The van der Waals surface area contributed by atoms with Gasteiger partial charge in [-0.25, -0.2) is 9.55 Å². The van der Waals surface area contributed by atoms with Crippen molar-refractivity contribution in [3.05, 3.63) is 42.4 Å². The highest BCUT2D eigenvalue weighted by molar-refractivity contribution is 7.52. The summed E-state index contributed by atoms with van der Waals surface area (Å²) in [6.45, 7) is 4.22. The Morgan fingerprint density at radius 3 is 2.57 bits per heavy atom. The Morgan fingerprint density at radius 2 is 1.97 bits per heavy atom. The van der Waals surface area contributed by atoms with Gasteiger partial charge in [-0.1, -0.05) is 18.2 Å². The molecule has 2 heterocycles. The minimum Gasteiger partial charge on any atom is -0.492 e. The van der Waals surface area contributed by atoms with Crippen LogP contribution in [0.2, 0.25) is 0 Å². The van der Waals surface area contributed by atoms with Crippen LogP contribution in [0.4, 0.5) is 0 Å². The van der Waals surface area contributed by atoms with Crippen molar-refractivity contribution < 1.29 is 43.2 Å². The van der Waals surface area contributed by atoms with E-state index in [0.29, 0.717) is 0 Å². The fraction of sp³-hybridized carbons (Fsp3) is 0.476. The lowest BCUT2D eigenvalue weighted by molar-refractivity contribution is -0.149. The minimum absolute atomic E-state index is 0.186. The number of esters is 1. The zero-order valence-electron chi connectivity index (χ0n) is 19.2. The third-order valence-corrected chi connectivity index (χ3v) is 6.56. The van der Waals surface area contributed by atoms with Gasteiger partial charge in [-0.3, -0.25) is 13.9 Å². The first kappa shape index (κ1) is 26.6. The second-order valence-electron chi connectivity index (χ2n) is 8.02. The molecular weight excluding hydrogens is 483 g/mol. The zero-order valence-corrected chi connectivity index (χ0v) is 20.1. The van der Waals surface area contributed by atoms with Crippen molar-refractivity contribution in [2.75, 3.05) is 6.61 Å². The van der Waals surface area contributed by atoms with Crippen LogP contribution >= 0.6 is 7.75 Å². The number of ether oxygens (including phenoxy) is 2. The molecule has 1 unspecified atom stereocenters. The maximum atomic E-state index is 13.5. The lowest BCUT2D eigenvalue weighted by Gasteiger charge is -2.25. The second kappa shape index (κ2) is 11.2. The van der Waals surface area contributed by atoms with E-state index in [9.17, 15) is 24.7 Å². The molecule has 1 aliphatic rings. The summed E-state index contributed by atoms with van der Waals surface area (Å²) in [6.07, 6.45) is -4.88. The van der Waals surface area contributed by atoms with E-state index in [1.54, 1.807) is 38.1 Å². The molecule has 13 nitrogen and oxygen atoms in total. The number of aliphatic hydroxyl groups excluding tert-OH is 2. The molecule has 1 saturated heterocycles. The van der Waals surface area contributed by atoms with Gasteiger partial charge in [0.1, 0.15) is 42.5 Å². The van der Waals surface area contributed by atoms with Gasteiger partial charge in [-0.05, 0) is 32.9 Å². The van der Waals surface area contributed by atoms with Crippen LogP contribution in [0.15, 0.2) is 36.7 Å². The van der Waals surface area contributed by atoms with Gasteiger partial charge in [0.25, 0.3) is 0 Å². The van der Waals surface area contributed by atoms with Gasteiger partial charge in [-0.15, -0.1) is 0 Å². The van der Waals surface area contributed by atoms with Crippen LogP contribution in [0.25, 0.3) is 0 Å². The van der Waals surface area contributed by atoms with Crippen LogP contribution in [0.1, 0.15) is 32.7 Å². The molecule has 0 amide bonds. The monoisotopic (exact) mass is 510 g/mol. The number of aromatic hydroxyl groups is 1. The number of rotatable bonds is 10. The smallest absolute Gasteiger partial charge is 0.459 e. The summed E-state index contributed by atoms with van der Waals surface area (Å²) in [5.74, 6) is -1.05. The summed E-state index contributed by atoms with van der Waals surface area (Å²) in [4.78, 5) is 15.9. The number of benzene rings is 1. The van der Waals surface area contributed by atoms with Gasteiger partial charge >= 0.3 is 13.7 Å². The van der Waals surface area contributed by atoms with E-state index in [-0.39, 0.29) is 11.4 Å². The third kappa shape index (κ3) is 6.37. The number of hydrogen-bond donors (Lipinski definition) is 4. The van der Waals surface area contributed by atoms with Crippen molar-refractivity contribution in [1.82, 2.24) is 14.6 Å². The number of nitrogens with zero attached hydrogens (tertiary/aromatic N) is 3. The van der Waals surface area contributed by atoms with Crippen molar-refractivity contribution in [3.63, 3.8) is 0 Å². The van der Waals surface area contributed by atoms with Crippen LogP contribution in [-0.2, 0) is 23.4 Å². The first-order valence-corrected chi connectivity index (χ1v) is 12.2. The van der Waals surface area contributed by atoms with Crippen LogP contribution < -0.4 is 9.61 Å². The number of nitriles is 1. The summed E-state index contributed by atoms with van der Waals surface area (Å²) in [5, 5.41) is 42.4. The maximum absolute atomic E-state index is 13.5. The second-order valence-corrected chi connectivity index (χ2v) is 9.71. The Hall–Kier alpha value is -2.98. The Morgan fingerprint density at radius 1 is 1.29 bits per heavy atom. The number of carbonyl (C=O) groups excluding carboxylic acids is 1. The summed E-state index contributed by atoms with van der Waals surface area (Å²) >= 11 is 0. The van der Waals surface area contributed by atoms with E-state index in [0.717, 1.165) is 10.9 Å². The Labute approximate surface area is 201 Å². The molecular formula is C21H27N4O9P. The van der Waals surface area contributed by atoms with Crippen LogP contribution in [0, 0.1) is 11.3 Å². The third-order valence-electron chi connectivity index (χ3n) is 4.92. The van der Waals surface area contributed by atoms with E-state index < -0.39 is 62.9 Å². The summed E-state index contributed by atoms with van der Waals surface area (Å²) in [5.41, 5.74) is -0.290. The van der Waals surface area contributed by atoms with E-state index in [4.69, 9.17) is 23.8 Å². The highest BCUT2D eigenvalue weighted by atomic mass is 31.2. The molecule has 4 N–H and O–H groups in total. The van der Waals surface area contributed by atoms with Gasteiger partial charge in [0, 0.05) is 0 Å². The molecule has 3 rings (SSSR count). The highest BCUT2D eigenvalue weighted by Gasteiger charge is 2.46. The SMILES string of the molecule is CC(C)OC(=O)[C@H](C)NP(=O)(OC[C@H]1O[C@@H](n2cnc(C#N)c2O)[C@H](O)[C@@H]1O)Oc1ccccc1. The molecule has 0 radical (unpaired) electrons. The molecule has 0 spiro atoms. The molecule has 0 aliphatic carbocycles. The zero-order chi connectivity index (χ0) is 25.8. The molecule has 6 atom stereocenters. The number of carbonyl (C=O) groups is 1. The normalized spacial score (nSPS) is 24.5. The van der Waals surface area contributed by atoms with Gasteiger partial charge < -0.3 is 29.3 Å². The number of nitrogens with one attached hydrogen (secondary N) is 1. The van der Waals surface area contributed by atoms with Crippen molar-refractivity contribution >= 4 is 13.7 Å². The Bertz CT molecular complexity index is 1100. The standard InChI is InChI=1S/C21H27N4O9P/c1-12(2)32-21(29)13(3)24-35(30,34-14-7-5-4-6-8-14)31-10-16-17(26)18(27)20(33-16)25-11-23-15(9-22)19(25)28/h4-8,11-13,16-18,20,26-28H,10H2,1-3H3,(H,24,30)/t13-,16+,17+,18+,20+,35?/m0/s1. The predicted octanol–water partition coefficient (Wildman–Crippen LogP) is 1.21. The van der Waals surface area contributed by atoms with Crippen LogP contribution in [0.3, 0.4) is 0 Å². The average Bonchev–Trinajstić information content (AvgIpc) is 3.31. The lowest BCUT2D eigenvalue weighted by Crippen LogP contribution is -2.38. The van der Waals surface area contributed by atoms with Gasteiger partial charge in [-0.2, -0.15) is 10.3 Å². The van der Waals surface area contributed by atoms with Crippen molar-refractivity contribution in [1.29, 1.82) is 5.26 Å². The first-order chi connectivity index (χ1) is 16.5. The number of para-hydroxylation sites is 1. The van der Waals surface area contributed by atoms with Crippen molar-refractivity contribution in [2.45, 2.75) is 57.5 Å². The van der Waals surface area contributed by atoms with E-state index in [2.05, 4.69) is 10.1 Å². The summed E-state index contributed by atoms with van der Waals surface area (Å²) < 4.78 is 36.2. The Balaban J connectivity index is 1.74. The number of hydrogen-bond acceptors (Lipinski definition) is 11. The molecule has 190 valence electrons. The first-order valence-electron chi connectivity index (χ1n) is 10.7. The van der Waals surface area contributed by atoms with Crippen molar-refractivity contribution in [3.8, 4) is 17.7 Å². The van der Waals surface area contributed by atoms with Gasteiger partial charge in [0.05, 0.1) is 12.7 Å². The number of aromatic nitrogens is 2. The quantitative estimate of drug-likeness (QED) is 0.265.